The van der Waals surface area contributed by atoms with Gasteiger partial charge in [-0.1, -0.05) is 30.3 Å². The molecule has 0 fully saturated rings. The van der Waals surface area contributed by atoms with Crippen LogP contribution >= 0.6 is 12.2 Å². The Labute approximate surface area is 166 Å². The van der Waals surface area contributed by atoms with Crippen molar-refractivity contribution >= 4 is 24.1 Å². The smallest absolute Gasteiger partial charge is 0.272 e. The van der Waals surface area contributed by atoms with Crippen LogP contribution in [-0.2, 0) is 6.61 Å². The largest absolute Gasteiger partial charge is 0.485 e. The van der Waals surface area contributed by atoms with Gasteiger partial charge in [-0.2, -0.15) is 14.9 Å². The fraction of sp³-hybridized carbons (Fsp3) is 0.211. The van der Waals surface area contributed by atoms with Gasteiger partial charge in [0.25, 0.3) is 5.69 Å². The third kappa shape index (κ3) is 4.15. The number of nitrogens with zero attached hydrogens (tertiary/aromatic N) is 4. The third-order valence-corrected chi connectivity index (χ3v) is 4.49. The van der Waals surface area contributed by atoms with Crippen LogP contribution in [0.15, 0.2) is 41.5 Å². The molecule has 0 aliphatic carbocycles. The molecule has 1 heterocycles. The zero-order valence-corrected chi connectivity index (χ0v) is 16.5. The lowest BCUT2D eigenvalue weighted by atomic mass is 10.1. The second kappa shape index (κ2) is 8.13. The fourth-order valence-electron chi connectivity index (χ4n) is 2.73. The number of hydrogen-bond donors (Lipinski definition) is 1. The van der Waals surface area contributed by atoms with Crippen LogP contribution in [0.1, 0.15) is 28.1 Å². The zero-order chi connectivity index (χ0) is 20.3. The molecule has 3 rings (SSSR count). The van der Waals surface area contributed by atoms with E-state index in [9.17, 15) is 10.1 Å². The maximum atomic E-state index is 11.1. The van der Waals surface area contributed by atoms with Crippen LogP contribution < -0.4 is 4.74 Å². The van der Waals surface area contributed by atoms with E-state index in [2.05, 4.69) is 15.3 Å². The molecular formula is C19H19N5O3S. The number of aryl methyl sites for hydroxylation is 3. The van der Waals surface area contributed by atoms with Crippen LogP contribution in [0.2, 0.25) is 0 Å². The minimum atomic E-state index is -0.417. The summed E-state index contributed by atoms with van der Waals surface area (Å²) in [6, 6.07) is 10.8. The van der Waals surface area contributed by atoms with E-state index in [1.807, 2.05) is 32.0 Å². The summed E-state index contributed by atoms with van der Waals surface area (Å²) in [6.07, 6.45) is 1.50. The number of para-hydroxylation sites is 1. The summed E-state index contributed by atoms with van der Waals surface area (Å²) >= 11 is 5.23. The van der Waals surface area contributed by atoms with Crippen molar-refractivity contribution in [3.63, 3.8) is 0 Å². The zero-order valence-electron chi connectivity index (χ0n) is 15.7. The Morgan fingerprint density at radius 1 is 1.25 bits per heavy atom. The first-order chi connectivity index (χ1) is 13.4. The van der Waals surface area contributed by atoms with Crippen molar-refractivity contribution in [2.75, 3.05) is 0 Å². The van der Waals surface area contributed by atoms with Gasteiger partial charge < -0.3 is 4.74 Å². The van der Waals surface area contributed by atoms with E-state index in [0.29, 0.717) is 21.7 Å². The molecule has 9 heteroatoms. The molecule has 28 heavy (non-hydrogen) atoms. The van der Waals surface area contributed by atoms with Gasteiger partial charge in [0.15, 0.2) is 5.82 Å². The van der Waals surface area contributed by atoms with Gasteiger partial charge in [0.2, 0.25) is 4.77 Å². The second-order valence-corrected chi connectivity index (χ2v) is 6.70. The van der Waals surface area contributed by atoms with Crippen LogP contribution in [0, 0.1) is 35.7 Å². The molecular weight excluding hydrogens is 378 g/mol. The van der Waals surface area contributed by atoms with Gasteiger partial charge in [-0.3, -0.25) is 10.1 Å². The van der Waals surface area contributed by atoms with Gasteiger partial charge in [-0.15, -0.1) is 0 Å². The standard InChI is InChI=1S/C19H19N5O3S/c1-12-7-8-15(9-16(12)24(25)26)10-20-23-17(21-22-19(23)28)11-27-18-13(2)5-4-6-14(18)3/h4-10H,11H2,1-3H3,(H,22,28)/b20-10-. The minimum absolute atomic E-state index is 0.0401. The molecule has 0 aliphatic heterocycles. The quantitative estimate of drug-likeness (QED) is 0.290. The highest BCUT2D eigenvalue weighted by molar-refractivity contribution is 7.71. The summed E-state index contributed by atoms with van der Waals surface area (Å²) in [6.45, 7) is 5.81. The fourth-order valence-corrected chi connectivity index (χ4v) is 2.93. The Hall–Kier alpha value is -3.33. The summed E-state index contributed by atoms with van der Waals surface area (Å²) in [5, 5.41) is 22.3. The highest BCUT2D eigenvalue weighted by Gasteiger charge is 2.11. The van der Waals surface area contributed by atoms with Crippen molar-refractivity contribution in [2.24, 2.45) is 5.10 Å². The molecule has 8 nitrogen and oxygen atoms in total. The van der Waals surface area contributed by atoms with E-state index in [1.165, 1.54) is 17.0 Å². The molecule has 0 amide bonds. The lowest BCUT2D eigenvalue weighted by Gasteiger charge is -2.11. The number of hydrogen-bond acceptors (Lipinski definition) is 6. The van der Waals surface area contributed by atoms with Crippen molar-refractivity contribution in [2.45, 2.75) is 27.4 Å². The molecule has 0 atom stereocenters. The van der Waals surface area contributed by atoms with Crippen molar-refractivity contribution in [3.05, 3.63) is 79.4 Å². The summed E-state index contributed by atoms with van der Waals surface area (Å²) in [5.41, 5.74) is 3.26. The molecule has 0 saturated heterocycles. The molecule has 0 unspecified atom stereocenters. The van der Waals surface area contributed by atoms with Crippen molar-refractivity contribution in [1.29, 1.82) is 0 Å². The number of H-pyrrole nitrogens is 1. The van der Waals surface area contributed by atoms with E-state index in [-0.39, 0.29) is 12.3 Å². The van der Waals surface area contributed by atoms with Crippen LogP contribution in [0.25, 0.3) is 0 Å². The molecule has 1 aromatic heterocycles. The molecule has 3 aromatic rings. The molecule has 144 valence electrons. The van der Waals surface area contributed by atoms with Gasteiger partial charge in [0, 0.05) is 17.2 Å². The van der Waals surface area contributed by atoms with Crippen LogP contribution in [0.4, 0.5) is 5.69 Å². The summed E-state index contributed by atoms with van der Waals surface area (Å²) in [5.74, 6) is 1.28. The topological polar surface area (TPSA) is 98.3 Å². The lowest BCUT2D eigenvalue weighted by molar-refractivity contribution is -0.385. The van der Waals surface area contributed by atoms with Gasteiger partial charge >= 0.3 is 0 Å². The normalized spacial score (nSPS) is 11.1. The van der Waals surface area contributed by atoms with Crippen LogP contribution in [0.3, 0.4) is 0 Å². The Balaban J connectivity index is 1.84. The number of rotatable bonds is 6. The highest BCUT2D eigenvalue weighted by Crippen LogP contribution is 2.23. The maximum Gasteiger partial charge on any atom is 0.272 e. The minimum Gasteiger partial charge on any atom is -0.485 e. The Morgan fingerprint density at radius 2 is 1.96 bits per heavy atom. The van der Waals surface area contributed by atoms with Crippen molar-refractivity contribution in [1.82, 2.24) is 14.9 Å². The van der Waals surface area contributed by atoms with Crippen LogP contribution in [-0.4, -0.2) is 26.0 Å². The predicted molar refractivity (Wildman–Crippen MR) is 108 cm³/mol. The number of nitrogens with one attached hydrogen (secondary N) is 1. The molecule has 1 N–H and O–H groups in total. The van der Waals surface area contributed by atoms with Crippen molar-refractivity contribution in [3.8, 4) is 5.75 Å². The Kier molecular flexibility index (Phi) is 5.65. The maximum absolute atomic E-state index is 11.1. The number of nitro groups is 1. The second-order valence-electron chi connectivity index (χ2n) is 6.31. The van der Waals surface area contributed by atoms with Crippen LogP contribution in [0.5, 0.6) is 5.75 Å². The number of benzene rings is 2. The summed E-state index contributed by atoms with van der Waals surface area (Å²) < 4.78 is 7.66. The molecule has 0 spiro atoms. The molecule has 2 aromatic carbocycles. The van der Waals surface area contributed by atoms with Gasteiger partial charge in [-0.05, 0) is 44.1 Å². The highest BCUT2D eigenvalue weighted by atomic mass is 32.1. The first-order valence-corrected chi connectivity index (χ1v) is 8.92. The van der Waals surface area contributed by atoms with Crippen molar-refractivity contribution < 1.29 is 9.66 Å². The average molecular weight is 397 g/mol. The van der Waals surface area contributed by atoms with E-state index >= 15 is 0 Å². The Morgan fingerprint density at radius 3 is 2.64 bits per heavy atom. The number of aromatic amines is 1. The average Bonchev–Trinajstić information content (AvgIpc) is 3.00. The lowest BCUT2D eigenvalue weighted by Crippen LogP contribution is -2.05. The first-order valence-electron chi connectivity index (χ1n) is 8.51. The third-order valence-electron chi connectivity index (χ3n) is 4.22. The van der Waals surface area contributed by atoms with E-state index in [1.54, 1.807) is 19.1 Å². The molecule has 0 saturated carbocycles. The SMILES string of the molecule is Cc1ccc(/C=N\n2c(COc3c(C)cccc3C)n[nH]c2=S)cc1[N+](=O)[O-]. The first kappa shape index (κ1) is 19.4. The van der Waals surface area contributed by atoms with E-state index < -0.39 is 4.92 Å². The predicted octanol–water partition coefficient (Wildman–Crippen LogP) is 4.24. The summed E-state index contributed by atoms with van der Waals surface area (Å²) in [4.78, 5) is 10.7. The number of nitro benzene ring substituents is 1. The summed E-state index contributed by atoms with van der Waals surface area (Å²) in [7, 11) is 0. The van der Waals surface area contributed by atoms with E-state index in [4.69, 9.17) is 17.0 Å². The Bertz CT molecular complexity index is 1100. The van der Waals surface area contributed by atoms with Gasteiger partial charge in [-0.25, -0.2) is 5.10 Å². The van der Waals surface area contributed by atoms with E-state index in [0.717, 1.165) is 16.9 Å². The van der Waals surface area contributed by atoms with Gasteiger partial charge in [0.1, 0.15) is 12.4 Å². The molecule has 0 bridgehead atoms. The van der Waals surface area contributed by atoms with Gasteiger partial charge in [0.05, 0.1) is 11.1 Å². The number of ether oxygens (including phenoxy) is 1. The number of aromatic nitrogens is 3. The monoisotopic (exact) mass is 397 g/mol. The molecule has 0 radical (unpaired) electrons. The molecule has 0 aliphatic rings.